The summed E-state index contributed by atoms with van der Waals surface area (Å²) in [5.74, 6) is 0. The van der Waals surface area contributed by atoms with Crippen molar-refractivity contribution < 1.29 is 0 Å². The van der Waals surface area contributed by atoms with Gasteiger partial charge in [-0.2, -0.15) is 0 Å². The number of benzene rings is 10. The average Bonchev–Trinajstić information content (AvgIpc) is 3.13. The molecule has 0 aliphatic rings. The van der Waals surface area contributed by atoms with Crippen molar-refractivity contribution in [2.45, 2.75) is 0 Å². The van der Waals surface area contributed by atoms with Gasteiger partial charge in [-0.25, -0.2) is 0 Å². The van der Waals surface area contributed by atoms with Crippen molar-refractivity contribution in [3.8, 4) is 33.4 Å². The van der Waals surface area contributed by atoms with E-state index < -0.39 is 0 Å². The van der Waals surface area contributed by atoms with Crippen LogP contribution in [-0.2, 0) is 0 Å². The van der Waals surface area contributed by atoms with Gasteiger partial charge in [-0.15, -0.1) is 0 Å². The van der Waals surface area contributed by atoms with E-state index in [-0.39, 0.29) is 0 Å². The second kappa shape index (κ2) is 9.76. The third-order valence-corrected chi connectivity index (χ3v) is 10.0. The summed E-state index contributed by atoms with van der Waals surface area (Å²) in [6.07, 6.45) is 0. The maximum Gasteiger partial charge on any atom is -0.00203 e. The lowest BCUT2D eigenvalue weighted by Crippen LogP contribution is -1.90. The molecular formula is C46H28. The molecule has 10 aromatic carbocycles. The van der Waals surface area contributed by atoms with Crippen LogP contribution in [0.3, 0.4) is 0 Å². The van der Waals surface area contributed by atoms with Crippen LogP contribution in [-0.4, -0.2) is 0 Å². The van der Waals surface area contributed by atoms with Gasteiger partial charge in [-0.1, -0.05) is 158 Å². The molecule has 0 amide bonds. The molecule has 10 rings (SSSR count). The van der Waals surface area contributed by atoms with E-state index in [1.807, 2.05) is 0 Å². The Morgan fingerprint density at radius 1 is 0.217 bits per heavy atom. The van der Waals surface area contributed by atoms with Crippen LogP contribution in [0.4, 0.5) is 0 Å². The summed E-state index contributed by atoms with van der Waals surface area (Å²) in [6, 6.07) is 62.9. The maximum absolute atomic E-state index is 2.34. The highest BCUT2D eigenvalue weighted by Crippen LogP contribution is 2.43. The van der Waals surface area contributed by atoms with Gasteiger partial charge in [0.25, 0.3) is 0 Å². The predicted octanol–water partition coefficient (Wildman–Crippen LogP) is 13.0. The largest absolute Gasteiger partial charge is 0.0616 e. The van der Waals surface area contributed by atoms with Crippen molar-refractivity contribution in [3.05, 3.63) is 170 Å². The van der Waals surface area contributed by atoms with E-state index in [0.29, 0.717) is 0 Å². The van der Waals surface area contributed by atoms with Gasteiger partial charge in [0.2, 0.25) is 0 Å². The number of hydrogen-bond acceptors (Lipinski definition) is 0. The summed E-state index contributed by atoms with van der Waals surface area (Å²) in [5, 5.41) is 15.6. The molecule has 0 radical (unpaired) electrons. The molecule has 10 aromatic rings. The molecule has 0 saturated carbocycles. The highest BCUT2D eigenvalue weighted by molar-refractivity contribution is 6.27. The SMILES string of the molecule is c1ccc2cc(-c3ccc4ccc5c(-c6ccc(-c7cc8ccccc8c8ccccc78)cc6)ccc6ccc3c4c65)ccc2c1. The Labute approximate surface area is 267 Å². The number of rotatable bonds is 3. The first-order valence-electron chi connectivity index (χ1n) is 16.0. The van der Waals surface area contributed by atoms with Crippen molar-refractivity contribution in [2.24, 2.45) is 0 Å². The molecule has 46 heavy (non-hydrogen) atoms. The van der Waals surface area contributed by atoms with Crippen molar-refractivity contribution >= 4 is 64.6 Å². The smallest absolute Gasteiger partial charge is 0.00203 e. The van der Waals surface area contributed by atoms with Crippen LogP contribution in [0.25, 0.3) is 98.0 Å². The van der Waals surface area contributed by atoms with Gasteiger partial charge in [-0.3, -0.25) is 0 Å². The first-order valence-corrected chi connectivity index (χ1v) is 16.0. The van der Waals surface area contributed by atoms with Crippen LogP contribution in [0.2, 0.25) is 0 Å². The Morgan fingerprint density at radius 3 is 1.39 bits per heavy atom. The Bertz CT molecular complexity index is 2780. The van der Waals surface area contributed by atoms with Crippen molar-refractivity contribution in [2.75, 3.05) is 0 Å². The van der Waals surface area contributed by atoms with Crippen LogP contribution in [0.1, 0.15) is 0 Å². The highest BCUT2D eigenvalue weighted by atomic mass is 14.2. The Balaban J connectivity index is 1.13. The fraction of sp³-hybridized carbons (Fsp3) is 0. The van der Waals surface area contributed by atoms with Crippen LogP contribution >= 0.6 is 0 Å². The number of fused-ring (bicyclic) bond motifs is 4. The predicted molar refractivity (Wildman–Crippen MR) is 199 cm³/mol. The van der Waals surface area contributed by atoms with Crippen molar-refractivity contribution in [1.29, 1.82) is 0 Å². The Hall–Kier alpha value is -5.98. The fourth-order valence-electron chi connectivity index (χ4n) is 7.78. The second-order valence-corrected chi connectivity index (χ2v) is 12.5. The summed E-state index contributed by atoms with van der Waals surface area (Å²) in [5.41, 5.74) is 7.56. The molecule has 0 heteroatoms. The molecule has 0 aromatic heterocycles. The van der Waals surface area contributed by atoms with E-state index in [0.717, 1.165) is 0 Å². The first kappa shape index (κ1) is 25.4. The molecule has 0 aliphatic heterocycles. The minimum absolute atomic E-state index is 1.24. The van der Waals surface area contributed by atoms with Crippen molar-refractivity contribution in [1.82, 2.24) is 0 Å². The maximum atomic E-state index is 2.34. The molecule has 0 saturated heterocycles. The molecule has 0 unspecified atom stereocenters. The van der Waals surface area contributed by atoms with Gasteiger partial charge < -0.3 is 0 Å². The zero-order valence-corrected chi connectivity index (χ0v) is 25.2. The lowest BCUT2D eigenvalue weighted by Gasteiger charge is -2.17. The molecule has 212 valence electrons. The normalized spacial score (nSPS) is 11.9. The zero-order valence-electron chi connectivity index (χ0n) is 25.2. The molecule has 0 bridgehead atoms. The van der Waals surface area contributed by atoms with Crippen LogP contribution < -0.4 is 0 Å². The molecule has 0 aliphatic carbocycles. The summed E-state index contributed by atoms with van der Waals surface area (Å²) in [6.45, 7) is 0. The average molecular weight is 581 g/mol. The van der Waals surface area contributed by atoms with E-state index in [1.165, 1.54) is 98.0 Å². The molecule has 0 spiro atoms. The van der Waals surface area contributed by atoms with E-state index >= 15 is 0 Å². The van der Waals surface area contributed by atoms with E-state index in [4.69, 9.17) is 0 Å². The van der Waals surface area contributed by atoms with E-state index in [2.05, 4.69) is 170 Å². The molecular weight excluding hydrogens is 553 g/mol. The van der Waals surface area contributed by atoms with Gasteiger partial charge in [0.05, 0.1) is 0 Å². The topological polar surface area (TPSA) is 0 Å². The lowest BCUT2D eigenvalue weighted by atomic mass is 9.86. The van der Waals surface area contributed by atoms with Gasteiger partial charge in [0, 0.05) is 0 Å². The second-order valence-electron chi connectivity index (χ2n) is 12.5. The van der Waals surface area contributed by atoms with Crippen LogP contribution in [0.5, 0.6) is 0 Å². The highest BCUT2D eigenvalue weighted by Gasteiger charge is 2.16. The Kier molecular flexibility index (Phi) is 5.38. The first-order chi connectivity index (χ1) is 22.8. The number of hydrogen-bond donors (Lipinski definition) is 0. The monoisotopic (exact) mass is 580 g/mol. The summed E-state index contributed by atoms with van der Waals surface area (Å²) >= 11 is 0. The quantitative estimate of drug-likeness (QED) is 0.182. The summed E-state index contributed by atoms with van der Waals surface area (Å²) in [7, 11) is 0. The molecule has 0 heterocycles. The van der Waals surface area contributed by atoms with E-state index in [9.17, 15) is 0 Å². The summed E-state index contributed by atoms with van der Waals surface area (Å²) < 4.78 is 0. The third-order valence-electron chi connectivity index (χ3n) is 10.0. The standard InChI is InChI=1S/C46H28/c1-2-8-34-27-36(18-13-29(34)7-1)39-24-20-33-21-25-42-38(23-19-32-22-26-43(39)46(33)45(32)42)30-14-16-31(17-15-30)44-28-35-9-3-4-10-37(35)40-11-5-6-12-41(40)44/h1-28H. The Morgan fingerprint density at radius 2 is 0.696 bits per heavy atom. The van der Waals surface area contributed by atoms with Gasteiger partial charge in [0.1, 0.15) is 0 Å². The van der Waals surface area contributed by atoms with E-state index in [1.54, 1.807) is 0 Å². The fourth-order valence-corrected chi connectivity index (χ4v) is 7.78. The van der Waals surface area contributed by atoms with Crippen LogP contribution in [0.15, 0.2) is 170 Å². The summed E-state index contributed by atoms with van der Waals surface area (Å²) in [4.78, 5) is 0. The third kappa shape index (κ3) is 3.74. The minimum atomic E-state index is 1.24. The van der Waals surface area contributed by atoms with Crippen molar-refractivity contribution in [3.63, 3.8) is 0 Å². The van der Waals surface area contributed by atoms with Crippen LogP contribution in [0, 0.1) is 0 Å². The molecule has 0 N–H and O–H groups in total. The molecule has 0 nitrogen and oxygen atoms in total. The van der Waals surface area contributed by atoms with Gasteiger partial charge in [0.15, 0.2) is 0 Å². The molecule has 0 atom stereocenters. The molecule has 0 fully saturated rings. The lowest BCUT2D eigenvalue weighted by molar-refractivity contribution is 1.64. The zero-order chi connectivity index (χ0) is 30.2. The minimum Gasteiger partial charge on any atom is -0.0616 e. The van der Waals surface area contributed by atoms with Gasteiger partial charge in [-0.05, 0) is 110 Å². The van der Waals surface area contributed by atoms with Gasteiger partial charge >= 0.3 is 0 Å².